The highest BCUT2D eigenvalue weighted by atomic mass is 16.5. The molecule has 0 aliphatic carbocycles. The van der Waals surface area contributed by atoms with E-state index in [0.717, 1.165) is 19.4 Å². The molecule has 2 rings (SSSR count). The zero-order chi connectivity index (χ0) is 15.1. The normalized spacial score (nSPS) is 21.2. The van der Waals surface area contributed by atoms with Crippen molar-refractivity contribution in [3.05, 3.63) is 29.6 Å². The number of hydrogen-bond donors (Lipinski definition) is 2. The molecule has 0 saturated carbocycles. The van der Waals surface area contributed by atoms with Crippen molar-refractivity contribution in [3.8, 4) is 11.8 Å². The number of carbonyl (C=O) groups is 1. The summed E-state index contributed by atoms with van der Waals surface area (Å²) in [5, 5.41) is 11.7. The minimum Gasteiger partial charge on any atom is -0.395 e. The zero-order valence-electron chi connectivity index (χ0n) is 12.2. The van der Waals surface area contributed by atoms with E-state index in [1.165, 1.54) is 6.20 Å². The summed E-state index contributed by atoms with van der Waals surface area (Å²) >= 11 is 0. The first-order chi connectivity index (χ1) is 10.1. The Morgan fingerprint density at radius 2 is 2.43 bits per heavy atom. The number of carbonyl (C=O) groups excluding carboxylic acids is 1. The average molecular weight is 288 g/mol. The Kier molecular flexibility index (Phi) is 5.32. The van der Waals surface area contributed by atoms with E-state index in [-0.39, 0.29) is 18.1 Å². The SMILES string of the molecule is CC1(NC(=O)c2cncc(C#CCCO)c2)CCCOC1. The van der Waals surface area contributed by atoms with Gasteiger partial charge in [-0.1, -0.05) is 11.8 Å². The van der Waals surface area contributed by atoms with Crippen molar-refractivity contribution in [3.63, 3.8) is 0 Å². The van der Waals surface area contributed by atoms with Gasteiger partial charge in [0.25, 0.3) is 5.91 Å². The Bertz CT molecular complexity index is 554. The Hall–Kier alpha value is -1.90. The van der Waals surface area contributed by atoms with Crippen LogP contribution in [0.5, 0.6) is 0 Å². The summed E-state index contributed by atoms with van der Waals surface area (Å²) in [6.45, 7) is 3.30. The molecular formula is C16H20N2O3. The van der Waals surface area contributed by atoms with Gasteiger partial charge >= 0.3 is 0 Å². The van der Waals surface area contributed by atoms with Gasteiger partial charge in [-0.25, -0.2) is 0 Å². The second-order valence-electron chi connectivity index (χ2n) is 5.41. The Balaban J connectivity index is 2.05. The molecule has 0 radical (unpaired) electrons. The summed E-state index contributed by atoms with van der Waals surface area (Å²) in [6.07, 6.45) is 5.39. The molecule has 1 aromatic rings. The first kappa shape index (κ1) is 15.5. The molecule has 0 spiro atoms. The minimum atomic E-state index is -0.325. The molecule has 21 heavy (non-hydrogen) atoms. The molecule has 1 unspecified atom stereocenters. The second-order valence-corrected chi connectivity index (χ2v) is 5.41. The minimum absolute atomic E-state index is 0.0267. The predicted molar refractivity (Wildman–Crippen MR) is 78.7 cm³/mol. The lowest BCUT2D eigenvalue weighted by Gasteiger charge is -2.34. The first-order valence-corrected chi connectivity index (χ1v) is 7.08. The molecule has 1 amide bonds. The molecule has 112 valence electrons. The smallest absolute Gasteiger partial charge is 0.253 e. The summed E-state index contributed by atoms with van der Waals surface area (Å²) < 4.78 is 5.43. The second kappa shape index (κ2) is 7.21. The maximum atomic E-state index is 12.3. The summed E-state index contributed by atoms with van der Waals surface area (Å²) in [5.41, 5.74) is 0.826. The van der Waals surface area contributed by atoms with Gasteiger partial charge in [0, 0.05) is 31.0 Å². The van der Waals surface area contributed by atoms with Crippen LogP contribution in [0.4, 0.5) is 0 Å². The largest absolute Gasteiger partial charge is 0.395 e. The molecule has 1 aliphatic rings. The summed E-state index contributed by atoms with van der Waals surface area (Å²) in [5.74, 6) is 5.53. The molecular weight excluding hydrogens is 268 g/mol. The van der Waals surface area contributed by atoms with Crippen LogP contribution in [0.25, 0.3) is 0 Å². The van der Waals surface area contributed by atoms with Gasteiger partial charge in [0.1, 0.15) is 0 Å². The van der Waals surface area contributed by atoms with Crippen molar-refractivity contribution in [2.24, 2.45) is 0 Å². The number of hydrogen-bond acceptors (Lipinski definition) is 4. The van der Waals surface area contributed by atoms with E-state index in [4.69, 9.17) is 9.84 Å². The fourth-order valence-electron chi connectivity index (χ4n) is 2.23. The summed E-state index contributed by atoms with van der Waals surface area (Å²) in [7, 11) is 0. The van der Waals surface area contributed by atoms with Crippen molar-refractivity contribution in [2.75, 3.05) is 19.8 Å². The van der Waals surface area contributed by atoms with Crippen LogP contribution >= 0.6 is 0 Å². The van der Waals surface area contributed by atoms with Crippen molar-refractivity contribution >= 4 is 5.91 Å². The summed E-state index contributed by atoms with van der Waals surface area (Å²) in [4.78, 5) is 16.3. The fraction of sp³-hybridized carbons (Fsp3) is 0.500. The number of aliphatic hydroxyl groups excluding tert-OH is 1. The number of nitrogens with zero attached hydrogens (tertiary/aromatic N) is 1. The topological polar surface area (TPSA) is 71.5 Å². The number of aliphatic hydroxyl groups is 1. The molecule has 2 heterocycles. The molecule has 1 fully saturated rings. The highest BCUT2D eigenvalue weighted by molar-refractivity contribution is 5.94. The molecule has 1 atom stereocenters. The van der Waals surface area contributed by atoms with E-state index in [1.807, 2.05) is 6.92 Å². The number of aromatic nitrogens is 1. The number of rotatable bonds is 3. The summed E-state index contributed by atoms with van der Waals surface area (Å²) in [6, 6.07) is 1.71. The van der Waals surface area contributed by atoms with E-state index in [0.29, 0.717) is 24.2 Å². The molecule has 1 aliphatic heterocycles. The first-order valence-electron chi connectivity index (χ1n) is 7.08. The molecule has 0 bridgehead atoms. The Morgan fingerprint density at radius 1 is 1.57 bits per heavy atom. The van der Waals surface area contributed by atoms with Gasteiger partial charge in [-0.05, 0) is 25.8 Å². The van der Waals surface area contributed by atoms with Crippen LogP contribution in [0.2, 0.25) is 0 Å². The van der Waals surface area contributed by atoms with E-state index >= 15 is 0 Å². The lowest BCUT2D eigenvalue weighted by Crippen LogP contribution is -2.51. The zero-order valence-corrected chi connectivity index (χ0v) is 12.2. The van der Waals surface area contributed by atoms with Crippen molar-refractivity contribution < 1.29 is 14.6 Å². The van der Waals surface area contributed by atoms with Gasteiger partial charge in [0.15, 0.2) is 0 Å². The highest BCUT2D eigenvalue weighted by Crippen LogP contribution is 2.19. The lowest BCUT2D eigenvalue weighted by molar-refractivity contribution is 0.0272. The quantitative estimate of drug-likeness (QED) is 0.818. The maximum Gasteiger partial charge on any atom is 0.253 e. The van der Waals surface area contributed by atoms with E-state index in [9.17, 15) is 4.79 Å². The number of nitrogens with one attached hydrogen (secondary N) is 1. The van der Waals surface area contributed by atoms with E-state index < -0.39 is 0 Å². The predicted octanol–water partition coefficient (Wildman–Crippen LogP) is 1.11. The molecule has 0 aromatic carbocycles. The van der Waals surface area contributed by atoms with Crippen molar-refractivity contribution in [1.82, 2.24) is 10.3 Å². The third-order valence-electron chi connectivity index (χ3n) is 3.32. The van der Waals surface area contributed by atoms with Crippen LogP contribution in [0, 0.1) is 11.8 Å². The Labute approximate surface area is 124 Å². The van der Waals surface area contributed by atoms with Gasteiger partial charge in [0.05, 0.1) is 24.3 Å². The van der Waals surface area contributed by atoms with E-state index in [2.05, 4.69) is 22.1 Å². The molecule has 1 aromatic heterocycles. The van der Waals surface area contributed by atoms with Crippen LogP contribution in [0.1, 0.15) is 42.1 Å². The standard InChI is InChI=1S/C16H20N2O3/c1-16(6-4-8-21-12-16)18-15(20)14-9-13(10-17-11-14)5-2-3-7-19/h9-11,19H,3-4,6-8,12H2,1H3,(H,18,20). The maximum absolute atomic E-state index is 12.3. The molecule has 2 N–H and O–H groups in total. The number of pyridine rings is 1. The third kappa shape index (κ3) is 4.55. The van der Waals surface area contributed by atoms with Gasteiger partial charge in [-0.15, -0.1) is 0 Å². The third-order valence-corrected chi connectivity index (χ3v) is 3.32. The fourth-order valence-corrected chi connectivity index (χ4v) is 2.23. The van der Waals surface area contributed by atoms with Crippen LogP contribution in [-0.4, -0.2) is 41.4 Å². The van der Waals surface area contributed by atoms with Gasteiger partial charge in [-0.2, -0.15) is 0 Å². The van der Waals surface area contributed by atoms with E-state index in [1.54, 1.807) is 12.3 Å². The molecule has 1 saturated heterocycles. The number of ether oxygens (including phenoxy) is 1. The van der Waals surface area contributed by atoms with Crippen molar-refractivity contribution in [1.29, 1.82) is 0 Å². The highest BCUT2D eigenvalue weighted by Gasteiger charge is 2.29. The van der Waals surface area contributed by atoms with Gasteiger partial charge in [0.2, 0.25) is 0 Å². The Morgan fingerprint density at radius 3 is 3.14 bits per heavy atom. The number of amides is 1. The average Bonchev–Trinajstić information content (AvgIpc) is 2.48. The van der Waals surface area contributed by atoms with Gasteiger partial charge < -0.3 is 15.2 Å². The monoisotopic (exact) mass is 288 g/mol. The van der Waals surface area contributed by atoms with Crippen LogP contribution in [-0.2, 0) is 4.74 Å². The van der Waals surface area contributed by atoms with Crippen LogP contribution in [0.3, 0.4) is 0 Å². The lowest BCUT2D eigenvalue weighted by atomic mass is 9.94. The van der Waals surface area contributed by atoms with Crippen LogP contribution in [0.15, 0.2) is 18.5 Å². The van der Waals surface area contributed by atoms with Gasteiger partial charge in [-0.3, -0.25) is 9.78 Å². The molecule has 5 heteroatoms. The molecule has 5 nitrogen and oxygen atoms in total. The van der Waals surface area contributed by atoms with Crippen molar-refractivity contribution in [2.45, 2.75) is 31.7 Å². The van der Waals surface area contributed by atoms with Crippen LogP contribution < -0.4 is 5.32 Å².